The van der Waals surface area contributed by atoms with Crippen LogP contribution in [0.4, 0.5) is 0 Å². The molecule has 2 aromatic rings. The lowest BCUT2D eigenvalue weighted by atomic mass is 9.88. The lowest BCUT2D eigenvalue weighted by molar-refractivity contribution is 0.00882. The van der Waals surface area contributed by atoms with Crippen LogP contribution in [0.1, 0.15) is 63.3 Å². The Hall–Kier alpha value is -1.91. The Morgan fingerprint density at radius 1 is 1.14 bits per heavy atom. The van der Waals surface area contributed by atoms with E-state index in [2.05, 4.69) is 85.8 Å². The molecule has 0 radical (unpaired) electrons. The molecule has 4 nitrogen and oxygen atoms in total. The quantitative estimate of drug-likeness (QED) is 0.695. The number of aromatic nitrogens is 1. The second kappa shape index (κ2) is 9.27. The smallest absolute Gasteiger partial charge is 0.213 e. The van der Waals surface area contributed by atoms with Gasteiger partial charge in [0, 0.05) is 50.0 Å². The van der Waals surface area contributed by atoms with Crippen LogP contribution in [0.25, 0.3) is 0 Å². The molecule has 2 heterocycles. The molecule has 3 rings (SSSR count). The van der Waals surface area contributed by atoms with Crippen molar-refractivity contribution in [1.29, 1.82) is 0 Å². The molecule has 1 aliphatic rings. The summed E-state index contributed by atoms with van der Waals surface area (Å²) in [7, 11) is 1.68. The molecule has 158 valence electrons. The number of methoxy groups -OCH3 is 1. The third-order valence-electron chi connectivity index (χ3n) is 6.03. The van der Waals surface area contributed by atoms with E-state index in [0.29, 0.717) is 17.8 Å². The van der Waals surface area contributed by atoms with E-state index in [-0.39, 0.29) is 5.54 Å². The van der Waals surface area contributed by atoms with Gasteiger partial charge in [0.05, 0.1) is 7.11 Å². The summed E-state index contributed by atoms with van der Waals surface area (Å²) in [6.07, 6.45) is 2.86. The van der Waals surface area contributed by atoms with Crippen molar-refractivity contribution in [3.05, 3.63) is 59.3 Å². The largest absolute Gasteiger partial charge is 0.481 e. The van der Waals surface area contributed by atoms with Gasteiger partial charge in [-0.25, -0.2) is 4.98 Å². The van der Waals surface area contributed by atoms with E-state index in [1.165, 1.54) is 16.7 Å². The second-order valence-electron chi connectivity index (χ2n) is 9.42. The predicted octanol–water partition coefficient (Wildman–Crippen LogP) is 4.91. The third kappa shape index (κ3) is 5.37. The summed E-state index contributed by atoms with van der Waals surface area (Å²) in [6.45, 7) is 16.0. The summed E-state index contributed by atoms with van der Waals surface area (Å²) in [4.78, 5) is 9.54. The van der Waals surface area contributed by atoms with Crippen molar-refractivity contribution in [3.8, 4) is 5.88 Å². The first-order valence-electron chi connectivity index (χ1n) is 10.9. The molecule has 1 unspecified atom stereocenters. The average Bonchev–Trinajstić information content (AvgIpc) is 2.71. The van der Waals surface area contributed by atoms with Gasteiger partial charge < -0.3 is 4.74 Å². The molecule has 0 saturated carbocycles. The van der Waals surface area contributed by atoms with Crippen molar-refractivity contribution in [2.24, 2.45) is 0 Å². The third-order valence-corrected chi connectivity index (χ3v) is 6.03. The average molecular weight is 396 g/mol. The fourth-order valence-electron chi connectivity index (χ4n) is 4.46. The maximum atomic E-state index is 5.28. The first kappa shape index (κ1) is 21.8. The van der Waals surface area contributed by atoms with E-state index in [0.717, 1.165) is 32.6 Å². The minimum Gasteiger partial charge on any atom is -0.481 e. The molecule has 1 fully saturated rings. The van der Waals surface area contributed by atoms with Crippen LogP contribution < -0.4 is 4.74 Å². The molecule has 29 heavy (non-hydrogen) atoms. The van der Waals surface area contributed by atoms with Gasteiger partial charge in [0.25, 0.3) is 0 Å². The number of nitrogens with zero attached hydrogens (tertiary/aromatic N) is 3. The molecule has 0 aliphatic carbocycles. The van der Waals surface area contributed by atoms with Crippen LogP contribution >= 0.6 is 0 Å². The number of piperazine rings is 1. The molecule has 1 aliphatic heterocycles. The second-order valence-corrected chi connectivity index (χ2v) is 9.42. The number of hydrogen-bond donors (Lipinski definition) is 0. The van der Waals surface area contributed by atoms with Crippen LogP contribution in [0.3, 0.4) is 0 Å². The molecule has 1 atom stereocenters. The van der Waals surface area contributed by atoms with Crippen LogP contribution in [0, 0.1) is 0 Å². The van der Waals surface area contributed by atoms with E-state index >= 15 is 0 Å². The van der Waals surface area contributed by atoms with Crippen LogP contribution in [-0.4, -0.2) is 53.6 Å². The summed E-state index contributed by atoms with van der Waals surface area (Å²) in [6, 6.07) is 13.6. The van der Waals surface area contributed by atoms with Gasteiger partial charge in [0.15, 0.2) is 0 Å². The molecule has 0 bridgehead atoms. The van der Waals surface area contributed by atoms with Crippen molar-refractivity contribution in [3.63, 3.8) is 0 Å². The van der Waals surface area contributed by atoms with E-state index in [1.807, 2.05) is 6.20 Å². The summed E-state index contributed by atoms with van der Waals surface area (Å²) >= 11 is 0. The van der Waals surface area contributed by atoms with Gasteiger partial charge >= 0.3 is 0 Å². The van der Waals surface area contributed by atoms with E-state index in [9.17, 15) is 0 Å². The number of pyridine rings is 1. The van der Waals surface area contributed by atoms with Gasteiger partial charge in [-0.2, -0.15) is 0 Å². The predicted molar refractivity (Wildman–Crippen MR) is 121 cm³/mol. The van der Waals surface area contributed by atoms with Crippen molar-refractivity contribution in [2.75, 3.05) is 33.3 Å². The van der Waals surface area contributed by atoms with Gasteiger partial charge in [-0.1, -0.05) is 38.1 Å². The summed E-state index contributed by atoms with van der Waals surface area (Å²) in [5, 5.41) is 0. The lowest BCUT2D eigenvalue weighted by Crippen LogP contribution is -2.55. The van der Waals surface area contributed by atoms with Gasteiger partial charge in [-0.05, 0) is 55.9 Å². The molecule has 0 spiro atoms. The minimum atomic E-state index is 0.152. The number of hydrogen-bond acceptors (Lipinski definition) is 4. The molecule has 1 aromatic heterocycles. The maximum absolute atomic E-state index is 5.28. The summed E-state index contributed by atoms with van der Waals surface area (Å²) < 4.78 is 5.28. The highest BCUT2D eigenvalue weighted by molar-refractivity contribution is 5.33. The van der Waals surface area contributed by atoms with Crippen molar-refractivity contribution >= 4 is 0 Å². The van der Waals surface area contributed by atoms with Crippen LogP contribution in [0.15, 0.2) is 42.6 Å². The number of rotatable bonds is 6. The molecule has 1 saturated heterocycles. The fraction of sp³-hybridized carbons (Fsp3) is 0.560. The van der Waals surface area contributed by atoms with Gasteiger partial charge in [-0.15, -0.1) is 0 Å². The first-order chi connectivity index (χ1) is 13.8. The van der Waals surface area contributed by atoms with Crippen molar-refractivity contribution < 1.29 is 4.74 Å². The number of benzene rings is 1. The van der Waals surface area contributed by atoms with Gasteiger partial charge in [-0.3, -0.25) is 9.80 Å². The Bertz CT molecular complexity index is 797. The fourth-order valence-corrected chi connectivity index (χ4v) is 4.46. The van der Waals surface area contributed by atoms with Gasteiger partial charge in [0.2, 0.25) is 5.88 Å². The van der Waals surface area contributed by atoms with Crippen molar-refractivity contribution in [2.45, 2.75) is 58.5 Å². The molecular formula is C25H37N3O. The summed E-state index contributed by atoms with van der Waals surface area (Å²) in [5.41, 5.74) is 4.41. The van der Waals surface area contributed by atoms with Crippen LogP contribution in [0.2, 0.25) is 0 Å². The zero-order valence-electron chi connectivity index (χ0n) is 19.0. The highest BCUT2D eigenvalue weighted by Gasteiger charge is 2.35. The number of ether oxygens (including phenoxy) is 1. The lowest BCUT2D eigenvalue weighted by Gasteiger charge is -2.49. The van der Waals surface area contributed by atoms with Gasteiger partial charge in [0.1, 0.15) is 0 Å². The standard InChI is InChI=1S/C25H37N3O/c1-19(2)21-9-7-8-10-22(21)23-18-27(15-16-28(23)25(3,4)5)14-12-20-11-13-26-24(17-20)29-6/h7-11,13,17,19,23H,12,14-16,18H2,1-6H3. The normalized spacial score (nSPS) is 18.9. The Morgan fingerprint density at radius 3 is 2.59 bits per heavy atom. The van der Waals surface area contributed by atoms with E-state index < -0.39 is 0 Å². The Morgan fingerprint density at radius 2 is 1.90 bits per heavy atom. The Balaban J connectivity index is 1.79. The zero-order valence-corrected chi connectivity index (χ0v) is 19.0. The minimum absolute atomic E-state index is 0.152. The molecule has 4 heteroatoms. The molecule has 1 aromatic carbocycles. The molecular weight excluding hydrogens is 358 g/mol. The Kier molecular flexibility index (Phi) is 6.97. The maximum Gasteiger partial charge on any atom is 0.213 e. The zero-order chi connectivity index (χ0) is 21.0. The van der Waals surface area contributed by atoms with Crippen LogP contribution in [-0.2, 0) is 6.42 Å². The summed E-state index contributed by atoms with van der Waals surface area (Å²) in [5.74, 6) is 1.23. The molecule has 0 amide bonds. The van der Waals surface area contributed by atoms with E-state index in [4.69, 9.17) is 4.74 Å². The van der Waals surface area contributed by atoms with Crippen LogP contribution in [0.5, 0.6) is 5.88 Å². The highest BCUT2D eigenvalue weighted by atomic mass is 16.5. The highest BCUT2D eigenvalue weighted by Crippen LogP contribution is 2.35. The first-order valence-corrected chi connectivity index (χ1v) is 10.9. The Labute approximate surface area is 176 Å². The topological polar surface area (TPSA) is 28.6 Å². The van der Waals surface area contributed by atoms with E-state index in [1.54, 1.807) is 7.11 Å². The molecule has 0 N–H and O–H groups in total. The monoisotopic (exact) mass is 395 g/mol. The SMILES string of the molecule is COc1cc(CCN2CCN(C(C)(C)C)C(c3ccccc3C(C)C)C2)ccn1. The van der Waals surface area contributed by atoms with Crippen molar-refractivity contribution in [1.82, 2.24) is 14.8 Å².